The molecular formula is C24H19ClN2O3. The lowest BCUT2D eigenvalue weighted by atomic mass is 10.1. The van der Waals surface area contributed by atoms with Crippen LogP contribution in [0.4, 0.5) is 5.69 Å². The van der Waals surface area contributed by atoms with Crippen LogP contribution < -0.4 is 14.4 Å². The van der Waals surface area contributed by atoms with E-state index >= 15 is 0 Å². The van der Waals surface area contributed by atoms with Crippen LogP contribution in [0.3, 0.4) is 0 Å². The molecule has 0 aliphatic carbocycles. The number of methoxy groups -OCH3 is 2. The highest BCUT2D eigenvalue weighted by atomic mass is 35.5. The van der Waals surface area contributed by atoms with Gasteiger partial charge >= 0.3 is 0 Å². The summed E-state index contributed by atoms with van der Waals surface area (Å²) in [4.78, 5) is 19.6. The molecule has 0 bridgehead atoms. The number of benzene rings is 3. The largest absolute Gasteiger partial charge is 0.497 e. The summed E-state index contributed by atoms with van der Waals surface area (Å²) in [7, 11) is 3.17. The first-order valence-corrected chi connectivity index (χ1v) is 9.66. The second-order valence-electron chi connectivity index (χ2n) is 6.56. The van der Waals surface area contributed by atoms with E-state index in [0.29, 0.717) is 33.7 Å². The number of rotatable bonds is 5. The van der Waals surface area contributed by atoms with Crippen LogP contribution in [0.15, 0.2) is 83.5 Å². The van der Waals surface area contributed by atoms with Crippen molar-refractivity contribution in [3.05, 3.63) is 94.6 Å². The highest BCUT2D eigenvalue weighted by Gasteiger charge is 2.32. The molecule has 150 valence electrons. The summed E-state index contributed by atoms with van der Waals surface area (Å²) in [5.74, 6) is 1.59. The summed E-state index contributed by atoms with van der Waals surface area (Å²) in [5.41, 5.74) is 2.58. The van der Waals surface area contributed by atoms with Gasteiger partial charge in [-0.3, -0.25) is 9.69 Å². The van der Waals surface area contributed by atoms with E-state index in [-0.39, 0.29) is 5.91 Å². The molecule has 0 unspecified atom stereocenters. The molecule has 1 aliphatic heterocycles. The van der Waals surface area contributed by atoms with Crippen molar-refractivity contribution in [1.82, 2.24) is 0 Å². The Kier molecular flexibility index (Phi) is 5.55. The van der Waals surface area contributed by atoms with Crippen LogP contribution in [0.5, 0.6) is 11.5 Å². The molecule has 1 heterocycles. The number of ether oxygens (including phenoxy) is 2. The smallest absolute Gasteiger partial charge is 0.282 e. The average molecular weight is 419 g/mol. The number of amides is 1. The Morgan fingerprint density at radius 1 is 0.933 bits per heavy atom. The molecule has 4 rings (SSSR count). The van der Waals surface area contributed by atoms with E-state index in [2.05, 4.69) is 4.99 Å². The summed E-state index contributed by atoms with van der Waals surface area (Å²) in [6.45, 7) is 0. The van der Waals surface area contributed by atoms with Crippen molar-refractivity contribution in [2.45, 2.75) is 0 Å². The van der Waals surface area contributed by atoms with Crippen LogP contribution in [0, 0.1) is 0 Å². The number of hydrogen-bond acceptors (Lipinski definition) is 4. The monoisotopic (exact) mass is 418 g/mol. The second kappa shape index (κ2) is 8.43. The second-order valence-corrected chi connectivity index (χ2v) is 6.99. The van der Waals surface area contributed by atoms with Crippen LogP contribution in [-0.4, -0.2) is 26.0 Å². The predicted octanol–water partition coefficient (Wildman–Crippen LogP) is 5.19. The van der Waals surface area contributed by atoms with Crippen molar-refractivity contribution >= 4 is 35.1 Å². The molecule has 30 heavy (non-hydrogen) atoms. The maximum absolute atomic E-state index is 13.3. The molecule has 0 atom stereocenters. The normalized spacial score (nSPS) is 14.8. The van der Waals surface area contributed by atoms with Gasteiger partial charge in [-0.2, -0.15) is 0 Å². The van der Waals surface area contributed by atoms with Gasteiger partial charge in [-0.1, -0.05) is 41.9 Å². The first-order chi connectivity index (χ1) is 14.6. The summed E-state index contributed by atoms with van der Waals surface area (Å²) in [5, 5.41) is 0.599. The molecule has 0 radical (unpaired) electrons. The van der Waals surface area contributed by atoms with Gasteiger partial charge in [0.15, 0.2) is 0 Å². The summed E-state index contributed by atoms with van der Waals surface area (Å²) >= 11 is 6.03. The number of carbonyl (C=O) groups is 1. The fourth-order valence-electron chi connectivity index (χ4n) is 3.21. The Morgan fingerprint density at radius 2 is 1.67 bits per heavy atom. The topological polar surface area (TPSA) is 51.1 Å². The maximum Gasteiger partial charge on any atom is 0.282 e. The van der Waals surface area contributed by atoms with Crippen molar-refractivity contribution in [2.75, 3.05) is 19.1 Å². The van der Waals surface area contributed by atoms with Crippen molar-refractivity contribution in [1.29, 1.82) is 0 Å². The summed E-state index contributed by atoms with van der Waals surface area (Å²) < 4.78 is 10.7. The molecular weight excluding hydrogens is 400 g/mol. The minimum atomic E-state index is -0.228. The van der Waals surface area contributed by atoms with Gasteiger partial charge in [-0.15, -0.1) is 0 Å². The van der Waals surface area contributed by atoms with Gasteiger partial charge in [-0.05, 0) is 42.5 Å². The van der Waals surface area contributed by atoms with Crippen LogP contribution in [-0.2, 0) is 4.79 Å². The van der Waals surface area contributed by atoms with Crippen molar-refractivity contribution in [3.8, 4) is 11.5 Å². The van der Waals surface area contributed by atoms with E-state index in [0.717, 1.165) is 11.1 Å². The minimum absolute atomic E-state index is 0.228. The Labute approximate surface area is 179 Å². The van der Waals surface area contributed by atoms with Gasteiger partial charge in [0.2, 0.25) is 0 Å². The lowest BCUT2D eigenvalue weighted by molar-refractivity contribution is -0.113. The molecule has 0 aromatic heterocycles. The first kappa shape index (κ1) is 19.7. The fourth-order valence-corrected chi connectivity index (χ4v) is 3.34. The molecule has 6 heteroatoms. The molecule has 1 amide bonds. The standard InChI is InChI=1S/C24H19ClN2O3/c1-29-20-13-8-17(22(15-20)30-2)14-21-24(28)27(19-11-9-18(25)10-12-19)23(26-21)16-6-4-3-5-7-16/h3-15H,1-2H3. The average Bonchev–Trinajstić information content (AvgIpc) is 3.11. The number of carbonyl (C=O) groups excluding carboxylic acids is 1. The third-order valence-corrected chi connectivity index (χ3v) is 4.96. The highest BCUT2D eigenvalue weighted by Crippen LogP contribution is 2.31. The summed E-state index contributed by atoms with van der Waals surface area (Å²) in [6, 6.07) is 22.1. The van der Waals surface area contributed by atoms with Crippen LogP contribution in [0.2, 0.25) is 5.02 Å². The molecule has 0 spiro atoms. The fraction of sp³-hybridized carbons (Fsp3) is 0.0833. The first-order valence-electron chi connectivity index (χ1n) is 9.28. The Bertz CT molecular complexity index is 1140. The number of amidine groups is 1. The van der Waals surface area contributed by atoms with Gasteiger partial charge < -0.3 is 9.47 Å². The molecule has 3 aromatic carbocycles. The zero-order chi connectivity index (χ0) is 21.1. The van der Waals surface area contributed by atoms with Gasteiger partial charge in [0.1, 0.15) is 23.0 Å². The van der Waals surface area contributed by atoms with E-state index in [4.69, 9.17) is 21.1 Å². The molecule has 0 saturated heterocycles. The summed E-state index contributed by atoms with van der Waals surface area (Å²) in [6.07, 6.45) is 1.72. The molecule has 3 aromatic rings. The maximum atomic E-state index is 13.3. The Balaban J connectivity index is 1.82. The number of hydrogen-bond donors (Lipinski definition) is 0. The number of nitrogens with zero attached hydrogens (tertiary/aromatic N) is 2. The zero-order valence-corrected chi connectivity index (χ0v) is 17.3. The van der Waals surface area contributed by atoms with Gasteiger partial charge in [0.25, 0.3) is 5.91 Å². The van der Waals surface area contributed by atoms with Gasteiger partial charge in [0, 0.05) is 22.2 Å². The Hall–Kier alpha value is -3.57. The SMILES string of the molecule is COc1ccc(C=C2N=C(c3ccccc3)N(c3ccc(Cl)cc3)C2=O)c(OC)c1. The van der Waals surface area contributed by atoms with E-state index in [9.17, 15) is 4.79 Å². The number of anilines is 1. The molecule has 0 fully saturated rings. The van der Waals surface area contributed by atoms with Crippen LogP contribution in [0.1, 0.15) is 11.1 Å². The van der Waals surface area contributed by atoms with Crippen LogP contribution in [0.25, 0.3) is 6.08 Å². The molecule has 0 saturated carbocycles. The van der Waals surface area contributed by atoms with E-state index < -0.39 is 0 Å². The van der Waals surface area contributed by atoms with Gasteiger partial charge in [-0.25, -0.2) is 4.99 Å². The van der Waals surface area contributed by atoms with E-state index in [1.807, 2.05) is 42.5 Å². The van der Waals surface area contributed by atoms with Gasteiger partial charge in [0.05, 0.1) is 19.9 Å². The Morgan fingerprint density at radius 3 is 2.33 bits per heavy atom. The van der Waals surface area contributed by atoms with Crippen molar-refractivity contribution in [2.24, 2.45) is 4.99 Å². The number of halogens is 1. The third-order valence-electron chi connectivity index (χ3n) is 4.71. The van der Waals surface area contributed by atoms with Crippen molar-refractivity contribution in [3.63, 3.8) is 0 Å². The zero-order valence-electron chi connectivity index (χ0n) is 16.5. The lowest BCUT2D eigenvalue weighted by Gasteiger charge is -2.18. The predicted molar refractivity (Wildman–Crippen MR) is 119 cm³/mol. The lowest BCUT2D eigenvalue weighted by Crippen LogP contribution is -2.32. The molecule has 5 nitrogen and oxygen atoms in total. The van der Waals surface area contributed by atoms with Crippen molar-refractivity contribution < 1.29 is 14.3 Å². The van der Waals surface area contributed by atoms with Crippen LogP contribution >= 0.6 is 11.6 Å². The highest BCUT2D eigenvalue weighted by molar-refractivity contribution is 6.34. The quantitative estimate of drug-likeness (QED) is 0.535. The molecule has 1 aliphatic rings. The third kappa shape index (κ3) is 3.80. The molecule has 0 N–H and O–H groups in total. The minimum Gasteiger partial charge on any atom is -0.497 e. The van der Waals surface area contributed by atoms with E-state index in [1.165, 1.54) is 0 Å². The number of aliphatic imine (C=N–C) groups is 1. The van der Waals surface area contributed by atoms with E-state index in [1.54, 1.807) is 55.5 Å².